The van der Waals surface area contributed by atoms with Crippen molar-refractivity contribution >= 4 is 0 Å². The molecule has 0 amide bonds. The minimum Gasteiger partial charge on any atom is -0.493 e. The summed E-state index contributed by atoms with van der Waals surface area (Å²) >= 11 is 0. The first-order valence-electron chi connectivity index (χ1n) is 5.55. The smallest absolute Gasteiger partial charge is 0.161 e. The van der Waals surface area contributed by atoms with Gasteiger partial charge in [-0.1, -0.05) is 12.1 Å². The molecule has 90 valence electrons. The van der Waals surface area contributed by atoms with E-state index < -0.39 is 0 Å². The Hall–Kier alpha value is -1.26. The SMILES string of the molecule is COc1ccccc1OCCNCCCN. The lowest BCUT2D eigenvalue weighted by Crippen LogP contribution is -2.23. The Morgan fingerprint density at radius 1 is 1.19 bits per heavy atom. The number of ether oxygens (including phenoxy) is 2. The Morgan fingerprint density at radius 2 is 1.94 bits per heavy atom. The molecule has 0 aliphatic carbocycles. The quantitative estimate of drug-likeness (QED) is 0.647. The molecule has 4 heteroatoms. The van der Waals surface area contributed by atoms with Gasteiger partial charge < -0.3 is 20.5 Å². The molecule has 0 fully saturated rings. The van der Waals surface area contributed by atoms with Gasteiger partial charge >= 0.3 is 0 Å². The maximum atomic E-state index is 5.59. The lowest BCUT2D eigenvalue weighted by molar-refractivity contribution is 0.292. The molecule has 0 saturated carbocycles. The summed E-state index contributed by atoms with van der Waals surface area (Å²) in [6.45, 7) is 3.11. The van der Waals surface area contributed by atoms with Crippen LogP contribution in [0.3, 0.4) is 0 Å². The summed E-state index contributed by atoms with van der Waals surface area (Å²) in [5, 5.41) is 3.25. The highest BCUT2D eigenvalue weighted by atomic mass is 16.5. The molecule has 0 aliphatic rings. The first-order valence-corrected chi connectivity index (χ1v) is 5.55. The predicted octanol–water partition coefficient (Wildman–Crippen LogP) is 1.01. The van der Waals surface area contributed by atoms with E-state index in [9.17, 15) is 0 Å². The van der Waals surface area contributed by atoms with E-state index >= 15 is 0 Å². The molecule has 0 radical (unpaired) electrons. The monoisotopic (exact) mass is 224 g/mol. The third-order valence-electron chi connectivity index (χ3n) is 2.16. The topological polar surface area (TPSA) is 56.5 Å². The van der Waals surface area contributed by atoms with E-state index in [1.807, 2.05) is 24.3 Å². The molecular formula is C12H20N2O2. The van der Waals surface area contributed by atoms with Crippen LogP contribution >= 0.6 is 0 Å². The van der Waals surface area contributed by atoms with E-state index in [1.165, 1.54) is 0 Å². The third kappa shape index (κ3) is 4.51. The van der Waals surface area contributed by atoms with Crippen LogP contribution in [0.15, 0.2) is 24.3 Å². The van der Waals surface area contributed by atoms with E-state index in [1.54, 1.807) is 7.11 Å². The summed E-state index contributed by atoms with van der Waals surface area (Å²) in [5.41, 5.74) is 5.38. The summed E-state index contributed by atoms with van der Waals surface area (Å²) in [4.78, 5) is 0. The van der Waals surface area contributed by atoms with Crippen molar-refractivity contribution in [1.29, 1.82) is 0 Å². The second-order valence-electron chi connectivity index (χ2n) is 3.39. The van der Waals surface area contributed by atoms with Crippen molar-refractivity contribution in [1.82, 2.24) is 5.32 Å². The first-order chi connectivity index (χ1) is 7.88. The number of hydrogen-bond acceptors (Lipinski definition) is 4. The molecule has 1 aromatic carbocycles. The Balaban J connectivity index is 2.21. The van der Waals surface area contributed by atoms with Crippen molar-refractivity contribution in [3.63, 3.8) is 0 Å². The van der Waals surface area contributed by atoms with Crippen LogP contribution in [-0.2, 0) is 0 Å². The molecular weight excluding hydrogens is 204 g/mol. The van der Waals surface area contributed by atoms with Gasteiger partial charge in [-0.05, 0) is 31.6 Å². The van der Waals surface area contributed by atoms with Crippen LogP contribution in [0.25, 0.3) is 0 Å². The van der Waals surface area contributed by atoms with Crippen LogP contribution in [0.2, 0.25) is 0 Å². The van der Waals surface area contributed by atoms with E-state index in [0.717, 1.165) is 37.6 Å². The van der Waals surface area contributed by atoms with Crippen molar-refractivity contribution in [3.8, 4) is 11.5 Å². The highest BCUT2D eigenvalue weighted by molar-refractivity contribution is 5.39. The minimum atomic E-state index is 0.630. The standard InChI is InChI=1S/C12H20N2O2/c1-15-11-5-2-3-6-12(11)16-10-9-14-8-4-7-13/h2-3,5-6,14H,4,7-10,13H2,1H3. The Bertz CT molecular complexity index is 292. The fourth-order valence-electron chi connectivity index (χ4n) is 1.32. The van der Waals surface area contributed by atoms with Gasteiger partial charge in [-0.15, -0.1) is 0 Å². The Kier molecular flexibility index (Phi) is 6.37. The number of para-hydroxylation sites is 2. The van der Waals surface area contributed by atoms with Crippen LogP contribution < -0.4 is 20.5 Å². The summed E-state index contributed by atoms with van der Waals surface area (Å²) in [6.07, 6.45) is 0.995. The van der Waals surface area contributed by atoms with Gasteiger partial charge in [-0.25, -0.2) is 0 Å². The highest BCUT2D eigenvalue weighted by Crippen LogP contribution is 2.25. The summed E-state index contributed by atoms with van der Waals surface area (Å²) in [6, 6.07) is 7.64. The molecule has 1 aromatic rings. The summed E-state index contributed by atoms with van der Waals surface area (Å²) in [5.74, 6) is 1.55. The molecule has 0 atom stereocenters. The van der Waals surface area contributed by atoms with E-state index in [0.29, 0.717) is 6.61 Å². The normalized spacial score (nSPS) is 10.1. The van der Waals surface area contributed by atoms with Crippen LogP contribution in [0, 0.1) is 0 Å². The molecule has 0 unspecified atom stereocenters. The van der Waals surface area contributed by atoms with Gasteiger partial charge in [-0.2, -0.15) is 0 Å². The van der Waals surface area contributed by atoms with Gasteiger partial charge in [0.2, 0.25) is 0 Å². The average Bonchev–Trinajstić information content (AvgIpc) is 2.34. The van der Waals surface area contributed by atoms with Gasteiger partial charge in [0.15, 0.2) is 11.5 Å². The van der Waals surface area contributed by atoms with Crippen molar-refractivity contribution < 1.29 is 9.47 Å². The molecule has 0 spiro atoms. The fraction of sp³-hybridized carbons (Fsp3) is 0.500. The zero-order valence-corrected chi connectivity index (χ0v) is 9.74. The second-order valence-corrected chi connectivity index (χ2v) is 3.39. The van der Waals surface area contributed by atoms with E-state index in [2.05, 4.69) is 5.32 Å². The van der Waals surface area contributed by atoms with Crippen LogP contribution in [0.4, 0.5) is 0 Å². The number of nitrogens with one attached hydrogen (secondary N) is 1. The molecule has 0 aliphatic heterocycles. The zero-order valence-electron chi connectivity index (χ0n) is 9.74. The van der Waals surface area contributed by atoms with Crippen molar-refractivity contribution in [3.05, 3.63) is 24.3 Å². The molecule has 1 rings (SSSR count). The number of benzene rings is 1. The van der Waals surface area contributed by atoms with Crippen molar-refractivity contribution in [2.45, 2.75) is 6.42 Å². The molecule has 0 aromatic heterocycles. The van der Waals surface area contributed by atoms with Gasteiger partial charge in [-0.3, -0.25) is 0 Å². The van der Waals surface area contributed by atoms with Crippen LogP contribution in [0.1, 0.15) is 6.42 Å². The minimum absolute atomic E-state index is 0.630. The second kappa shape index (κ2) is 7.96. The molecule has 16 heavy (non-hydrogen) atoms. The van der Waals surface area contributed by atoms with Gasteiger partial charge in [0.05, 0.1) is 7.11 Å². The average molecular weight is 224 g/mol. The molecule has 0 saturated heterocycles. The molecule has 3 N–H and O–H groups in total. The van der Waals surface area contributed by atoms with Gasteiger partial charge in [0, 0.05) is 6.54 Å². The lowest BCUT2D eigenvalue weighted by Gasteiger charge is -2.10. The number of methoxy groups -OCH3 is 1. The van der Waals surface area contributed by atoms with Crippen molar-refractivity contribution in [2.75, 3.05) is 33.4 Å². The molecule has 0 heterocycles. The fourth-order valence-corrected chi connectivity index (χ4v) is 1.32. The Morgan fingerprint density at radius 3 is 2.62 bits per heavy atom. The maximum Gasteiger partial charge on any atom is 0.161 e. The predicted molar refractivity (Wildman–Crippen MR) is 65.0 cm³/mol. The zero-order chi connectivity index (χ0) is 11.6. The van der Waals surface area contributed by atoms with Crippen LogP contribution in [0.5, 0.6) is 11.5 Å². The van der Waals surface area contributed by atoms with E-state index in [4.69, 9.17) is 15.2 Å². The van der Waals surface area contributed by atoms with E-state index in [-0.39, 0.29) is 0 Å². The number of nitrogens with two attached hydrogens (primary N) is 1. The summed E-state index contributed by atoms with van der Waals surface area (Å²) < 4.78 is 10.8. The summed E-state index contributed by atoms with van der Waals surface area (Å²) in [7, 11) is 1.64. The molecule has 4 nitrogen and oxygen atoms in total. The maximum absolute atomic E-state index is 5.59. The van der Waals surface area contributed by atoms with Crippen LogP contribution in [-0.4, -0.2) is 33.4 Å². The number of hydrogen-bond donors (Lipinski definition) is 2. The number of rotatable bonds is 8. The highest BCUT2D eigenvalue weighted by Gasteiger charge is 2.01. The van der Waals surface area contributed by atoms with Crippen molar-refractivity contribution in [2.24, 2.45) is 5.73 Å². The molecule has 0 bridgehead atoms. The largest absolute Gasteiger partial charge is 0.493 e. The lowest BCUT2D eigenvalue weighted by atomic mass is 10.3. The first kappa shape index (κ1) is 12.8. The third-order valence-corrected chi connectivity index (χ3v) is 2.16. The Labute approximate surface area is 96.7 Å². The van der Waals surface area contributed by atoms with Gasteiger partial charge in [0.1, 0.15) is 6.61 Å². The van der Waals surface area contributed by atoms with Gasteiger partial charge in [0.25, 0.3) is 0 Å².